The van der Waals surface area contributed by atoms with Crippen molar-refractivity contribution < 1.29 is 4.79 Å². The van der Waals surface area contributed by atoms with Crippen LogP contribution in [-0.2, 0) is 0 Å². The van der Waals surface area contributed by atoms with Crippen molar-refractivity contribution in [1.29, 1.82) is 5.26 Å². The van der Waals surface area contributed by atoms with E-state index in [-0.39, 0.29) is 5.91 Å². The number of aryl methyl sites for hydroxylation is 1. The Balaban J connectivity index is 2.32. The first-order chi connectivity index (χ1) is 9.52. The molecule has 4 heteroatoms. The van der Waals surface area contributed by atoms with Crippen molar-refractivity contribution in [3.05, 3.63) is 64.2 Å². The Kier molecular flexibility index (Phi) is 4.07. The zero-order valence-corrected chi connectivity index (χ0v) is 12.0. The second kappa shape index (κ2) is 5.77. The lowest BCUT2D eigenvalue weighted by Gasteiger charge is -2.18. The van der Waals surface area contributed by atoms with Gasteiger partial charge in [-0.1, -0.05) is 17.7 Å². The zero-order chi connectivity index (χ0) is 14.7. The number of benzene rings is 2. The number of hydrogen-bond donors (Lipinski definition) is 0. The predicted molar refractivity (Wildman–Crippen MR) is 80.1 cm³/mol. The monoisotopic (exact) mass is 284 g/mol. The summed E-state index contributed by atoms with van der Waals surface area (Å²) in [6.07, 6.45) is 0. The molecule has 100 valence electrons. The second-order valence-corrected chi connectivity index (χ2v) is 4.92. The molecule has 0 aliphatic carbocycles. The third-order valence-corrected chi connectivity index (χ3v) is 3.35. The first-order valence-corrected chi connectivity index (χ1v) is 6.45. The SMILES string of the molecule is Cc1ccc(Cl)cc1C(=O)N(C)c1ccc(C#N)cc1. The molecule has 20 heavy (non-hydrogen) atoms. The van der Waals surface area contributed by atoms with E-state index in [4.69, 9.17) is 16.9 Å². The number of rotatable bonds is 2. The van der Waals surface area contributed by atoms with Crippen molar-refractivity contribution in [3.8, 4) is 6.07 Å². The van der Waals surface area contributed by atoms with Gasteiger partial charge < -0.3 is 4.90 Å². The van der Waals surface area contributed by atoms with Crippen LogP contribution in [-0.4, -0.2) is 13.0 Å². The maximum Gasteiger partial charge on any atom is 0.258 e. The number of anilines is 1. The lowest BCUT2D eigenvalue weighted by atomic mass is 10.1. The quantitative estimate of drug-likeness (QED) is 0.842. The summed E-state index contributed by atoms with van der Waals surface area (Å²) in [6, 6.07) is 14.2. The van der Waals surface area contributed by atoms with Crippen LogP contribution in [0.15, 0.2) is 42.5 Å². The van der Waals surface area contributed by atoms with Crippen molar-refractivity contribution in [2.45, 2.75) is 6.92 Å². The van der Waals surface area contributed by atoms with Gasteiger partial charge in [0.15, 0.2) is 0 Å². The highest BCUT2D eigenvalue weighted by Gasteiger charge is 2.16. The van der Waals surface area contributed by atoms with Crippen molar-refractivity contribution >= 4 is 23.2 Å². The van der Waals surface area contributed by atoms with E-state index in [1.54, 1.807) is 48.3 Å². The van der Waals surface area contributed by atoms with Crippen LogP contribution in [0.2, 0.25) is 5.02 Å². The molecule has 0 unspecified atom stereocenters. The molecule has 1 amide bonds. The van der Waals surface area contributed by atoms with Gasteiger partial charge in [-0.3, -0.25) is 4.79 Å². The molecular formula is C16H13ClN2O. The first kappa shape index (κ1) is 14.1. The van der Waals surface area contributed by atoms with E-state index in [0.717, 1.165) is 11.3 Å². The minimum Gasteiger partial charge on any atom is -0.311 e. The van der Waals surface area contributed by atoms with Gasteiger partial charge in [-0.05, 0) is 48.9 Å². The first-order valence-electron chi connectivity index (χ1n) is 6.07. The molecule has 2 aromatic rings. The summed E-state index contributed by atoms with van der Waals surface area (Å²) in [7, 11) is 1.70. The minimum atomic E-state index is -0.130. The number of halogens is 1. The van der Waals surface area contributed by atoms with Gasteiger partial charge in [0.2, 0.25) is 0 Å². The van der Waals surface area contributed by atoms with Gasteiger partial charge in [0.1, 0.15) is 0 Å². The van der Waals surface area contributed by atoms with Gasteiger partial charge in [0.05, 0.1) is 11.6 Å². The van der Waals surface area contributed by atoms with Crippen LogP contribution in [0.3, 0.4) is 0 Å². The van der Waals surface area contributed by atoms with Gasteiger partial charge >= 0.3 is 0 Å². The largest absolute Gasteiger partial charge is 0.311 e. The van der Waals surface area contributed by atoms with Crippen molar-refractivity contribution in [2.24, 2.45) is 0 Å². The van der Waals surface area contributed by atoms with E-state index in [0.29, 0.717) is 16.1 Å². The molecule has 0 bridgehead atoms. The van der Waals surface area contributed by atoms with Crippen molar-refractivity contribution in [1.82, 2.24) is 0 Å². The highest BCUT2D eigenvalue weighted by Crippen LogP contribution is 2.20. The molecule has 0 heterocycles. The molecule has 0 spiro atoms. The van der Waals surface area contributed by atoms with Crippen LogP contribution < -0.4 is 4.90 Å². The fourth-order valence-electron chi connectivity index (χ4n) is 1.88. The summed E-state index contributed by atoms with van der Waals surface area (Å²) in [5, 5.41) is 9.31. The van der Waals surface area contributed by atoms with E-state index in [1.165, 1.54) is 0 Å². The van der Waals surface area contributed by atoms with Gasteiger partial charge in [-0.15, -0.1) is 0 Å². The molecule has 2 rings (SSSR count). The van der Waals surface area contributed by atoms with Crippen LogP contribution in [0.1, 0.15) is 21.5 Å². The highest BCUT2D eigenvalue weighted by molar-refractivity contribution is 6.31. The van der Waals surface area contributed by atoms with Crippen LogP contribution in [0.5, 0.6) is 0 Å². The topological polar surface area (TPSA) is 44.1 Å². The Bertz CT molecular complexity index is 687. The van der Waals surface area contributed by atoms with Gasteiger partial charge in [0.25, 0.3) is 5.91 Å². The Hall–Kier alpha value is -2.31. The molecule has 3 nitrogen and oxygen atoms in total. The average molecular weight is 285 g/mol. The van der Waals surface area contributed by atoms with Crippen molar-refractivity contribution in [2.75, 3.05) is 11.9 Å². The third kappa shape index (κ3) is 2.81. The zero-order valence-electron chi connectivity index (χ0n) is 11.2. The van der Waals surface area contributed by atoms with E-state index < -0.39 is 0 Å². The number of amides is 1. The summed E-state index contributed by atoms with van der Waals surface area (Å²) in [6.45, 7) is 1.87. The second-order valence-electron chi connectivity index (χ2n) is 4.48. The summed E-state index contributed by atoms with van der Waals surface area (Å²) in [5.74, 6) is -0.130. The Labute approximate surface area is 123 Å². The molecule has 2 aromatic carbocycles. The molecule has 0 aromatic heterocycles. The smallest absolute Gasteiger partial charge is 0.258 e. The molecule has 0 aliphatic heterocycles. The lowest BCUT2D eigenvalue weighted by molar-refractivity contribution is 0.0992. The lowest BCUT2D eigenvalue weighted by Crippen LogP contribution is -2.26. The number of nitrogens with zero attached hydrogens (tertiary/aromatic N) is 2. The van der Waals surface area contributed by atoms with E-state index >= 15 is 0 Å². The van der Waals surface area contributed by atoms with E-state index in [2.05, 4.69) is 0 Å². The molecular weight excluding hydrogens is 272 g/mol. The summed E-state index contributed by atoms with van der Waals surface area (Å²) >= 11 is 5.94. The number of nitriles is 1. The molecule has 0 saturated carbocycles. The Morgan fingerprint density at radius 2 is 1.85 bits per heavy atom. The standard InChI is InChI=1S/C16H13ClN2O/c1-11-3-6-13(17)9-15(11)16(20)19(2)14-7-4-12(10-18)5-8-14/h3-9H,1-2H3. The molecule has 0 radical (unpaired) electrons. The van der Waals surface area contributed by atoms with Crippen LogP contribution in [0.25, 0.3) is 0 Å². The fourth-order valence-corrected chi connectivity index (χ4v) is 2.05. The fraction of sp³-hybridized carbons (Fsp3) is 0.125. The van der Waals surface area contributed by atoms with Gasteiger partial charge in [0, 0.05) is 23.3 Å². The van der Waals surface area contributed by atoms with Crippen LogP contribution in [0, 0.1) is 18.3 Å². The Morgan fingerprint density at radius 3 is 2.45 bits per heavy atom. The van der Waals surface area contributed by atoms with Crippen LogP contribution in [0.4, 0.5) is 5.69 Å². The summed E-state index contributed by atoms with van der Waals surface area (Å²) in [5.41, 5.74) is 2.74. The van der Waals surface area contributed by atoms with Gasteiger partial charge in [-0.25, -0.2) is 0 Å². The average Bonchev–Trinajstić information content (AvgIpc) is 2.48. The summed E-state index contributed by atoms with van der Waals surface area (Å²) in [4.78, 5) is 14.0. The normalized spacial score (nSPS) is 9.90. The van der Waals surface area contributed by atoms with Gasteiger partial charge in [-0.2, -0.15) is 5.26 Å². The Morgan fingerprint density at radius 1 is 1.20 bits per heavy atom. The molecule has 0 aliphatic rings. The number of hydrogen-bond acceptors (Lipinski definition) is 2. The van der Waals surface area contributed by atoms with Crippen LogP contribution >= 0.6 is 11.6 Å². The number of carbonyl (C=O) groups excluding carboxylic acids is 1. The molecule has 0 atom stereocenters. The molecule has 0 N–H and O–H groups in total. The minimum absolute atomic E-state index is 0.130. The van der Waals surface area contributed by atoms with Crippen molar-refractivity contribution in [3.63, 3.8) is 0 Å². The summed E-state index contributed by atoms with van der Waals surface area (Å²) < 4.78 is 0. The highest BCUT2D eigenvalue weighted by atomic mass is 35.5. The van der Waals surface area contributed by atoms with E-state index in [1.807, 2.05) is 19.1 Å². The molecule has 0 saturated heterocycles. The maximum atomic E-state index is 12.5. The predicted octanol–water partition coefficient (Wildman–Crippen LogP) is 3.80. The van der Waals surface area contributed by atoms with E-state index in [9.17, 15) is 4.79 Å². The molecule has 0 fully saturated rings. The maximum absolute atomic E-state index is 12.5. The third-order valence-electron chi connectivity index (χ3n) is 3.12. The number of carbonyl (C=O) groups is 1.